The first-order valence-electron chi connectivity index (χ1n) is 3.23. The molecule has 0 spiro atoms. The second-order valence-corrected chi connectivity index (χ2v) is 2.50. The Balaban J connectivity index is 3.14. The van der Waals surface area contributed by atoms with Gasteiger partial charge in [-0.1, -0.05) is 23.7 Å². The van der Waals surface area contributed by atoms with Crippen LogP contribution in [0.3, 0.4) is 0 Å². The van der Waals surface area contributed by atoms with E-state index in [1.54, 1.807) is 13.1 Å². The lowest BCUT2D eigenvalue weighted by molar-refractivity contribution is 1.39. The smallest absolute Gasteiger partial charge is 0.126 e. The van der Waals surface area contributed by atoms with Gasteiger partial charge in [0.15, 0.2) is 0 Å². The van der Waals surface area contributed by atoms with E-state index in [9.17, 15) is 0 Å². The Hall–Kier alpha value is -1.02. The number of halogens is 1. The summed E-state index contributed by atoms with van der Waals surface area (Å²) < 4.78 is 0. The second kappa shape index (κ2) is 3.39. The minimum atomic E-state index is 0.468. The fraction of sp³-hybridized carbons (Fsp3) is 0.125. The molecule has 0 bridgehead atoms. The van der Waals surface area contributed by atoms with Crippen molar-refractivity contribution >= 4 is 17.4 Å². The molecular formula is C8H9ClN2. The summed E-state index contributed by atoms with van der Waals surface area (Å²) in [5.74, 6) is 0.468. The van der Waals surface area contributed by atoms with Crippen LogP contribution in [0.15, 0.2) is 29.3 Å². The van der Waals surface area contributed by atoms with Crippen molar-refractivity contribution in [2.45, 2.75) is 0 Å². The number of hydrogen-bond donors (Lipinski definition) is 1. The monoisotopic (exact) mass is 168 g/mol. The van der Waals surface area contributed by atoms with Crippen LogP contribution in [0.25, 0.3) is 0 Å². The van der Waals surface area contributed by atoms with Crippen LogP contribution in [0, 0.1) is 0 Å². The van der Waals surface area contributed by atoms with Gasteiger partial charge >= 0.3 is 0 Å². The maximum absolute atomic E-state index is 5.84. The molecule has 0 heterocycles. The van der Waals surface area contributed by atoms with E-state index in [4.69, 9.17) is 17.3 Å². The molecule has 3 heteroatoms. The van der Waals surface area contributed by atoms with Crippen molar-refractivity contribution in [3.8, 4) is 0 Å². The molecule has 0 saturated carbocycles. The topological polar surface area (TPSA) is 38.4 Å². The number of rotatable bonds is 1. The zero-order chi connectivity index (χ0) is 8.27. The highest BCUT2D eigenvalue weighted by molar-refractivity contribution is 6.34. The van der Waals surface area contributed by atoms with Gasteiger partial charge in [0, 0.05) is 12.6 Å². The molecule has 58 valence electrons. The molecule has 1 rings (SSSR count). The highest BCUT2D eigenvalue weighted by atomic mass is 35.5. The van der Waals surface area contributed by atoms with Crippen LogP contribution in [0.1, 0.15) is 5.56 Å². The Bertz CT molecular complexity index is 281. The molecule has 0 atom stereocenters. The van der Waals surface area contributed by atoms with Crippen LogP contribution in [-0.4, -0.2) is 12.9 Å². The summed E-state index contributed by atoms with van der Waals surface area (Å²) in [7, 11) is 1.64. The first-order valence-corrected chi connectivity index (χ1v) is 3.60. The Morgan fingerprint density at radius 3 is 2.64 bits per heavy atom. The van der Waals surface area contributed by atoms with Gasteiger partial charge in [0.25, 0.3) is 0 Å². The maximum atomic E-state index is 5.84. The van der Waals surface area contributed by atoms with E-state index in [-0.39, 0.29) is 0 Å². The zero-order valence-corrected chi connectivity index (χ0v) is 6.97. The quantitative estimate of drug-likeness (QED) is 0.503. The molecule has 0 fully saturated rings. The molecule has 0 aliphatic heterocycles. The molecule has 0 aliphatic rings. The Morgan fingerprint density at radius 1 is 1.45 bits per heavy atom. The molecule has 0 radical (unpaired) electrons. The summed E-state index contributed by atoms with van der Waals surface area (Å²) >= 11 is 5.84. The average molecular weight is 169 g/mol. The molecule has 0 unspecified atom stereocenters. The molecule has 11 heavy (non-hydrogen) atoms. The summed E-state index contributed by atoms with van der Waals surface area (Å²) in [6.07, 6.45) is 0. The summed E-state index contributed by atoms with van der Waals surface area (Å²) in [6, 6.07) is 7.35. The van der Waals surface area contributed by atoms with Crippen LogP contribution < -0.4 is 5.73 Å². The zero-order valence-electron chi connectivity index (χ0n) is 6.21. The lowest BCUT2D eigenvalue weighted by atomic mass is 10.2. The van der Waals surface area contributed by atoms with Gasteiger partial charge in [-0.15, -0.1) is 0 Å². The van der Waals surface area contributed by atoms with Crippen LogP contribution >= 0.6 is 11.6 Å². The van der Waals surface area contributed by atoms with Crippen molar-refractivity contribution < 1.29 is 0 Å². The first kappa shape index (κ1) is 8.08. The van der Waals surface area contributed by atoms with Crippen LogP contribution in [-0.2, 0) is 0 Å². The van der Waals surface area contributed by atoms with E-state index in [2.05, 4.69) is 4.99 Å². The largest absolute Gasteiger partial charge is 0.383 e. The third-order valence-corrected chi connectivity index (χ3v) is 1.72. The number of aliphatic imine (C=N–C) groups is 1. The molecule has 0 saturated heterocycles. The van der Waals surface area contributed by atoms with Crippen LogP contribution in [0.2, 0.25) is 5.02 Å². The van der Waals surface area contributed by atoms with Gasteiger partial charge in [-0.05, 0) is 12.1 Å². The van der Waals surface area contributed by atoms with Crippen molar-refractivity contribution in [3.05, 3.63) is 34.9 Å². The Morgan fingerprint density at radius 2 is 2.09 bits per heavy atom. The van der Waals surface area contributed by atoms with Gasteiger partial charge in [-0.25, -0.2) is 0 Å². The predicted molar refractivity (Wildman–Crippen MR) is 48.1 cm³/mol. The highest BCUT2D eigenvalue weighted by Gasteiger charge is 2.00. The second-order valence-electron chi connectivity index (χ2n) is 2.09. The predicted octanol–water partition coefficient (Wildman–Crippen LogP) is 1.68. The van der Waals surface area contributed by atoms with Gasteiger partial charge in [0.2, 0.25) is 0 Å². The number of nitrogens with zero attached hydrogens (tertiary/aromatic N) is 1. The standard InChI is InChI=1S/C8H9ClN2/c1-11-8(10)6-4-2-3-5-7(6)9/h2-5H,1H3,(H2,10,11). The van der Waals surface area contributed by atoms with E-state index in [0.717, 1.165) is 5.56 Å². The molecule has 2 nitrogen and oxygen atoms in total. The van der Waals surface area contributed by atoms with E-state index >= 15 is 0 Å². The van der Waals surface area contributed by atoms with Crippen molar-refractivity contribution in [2.75, 3.05) is 7.05 Å². The van der Waals surface area contributed by atoms with Gasteiger partial charge in [-0.2, -0.15) is 0 Å². The van der Waals surface area contributed by atoms with Crippen molar-refractivity contribution in [1.29, 1.82) is 0 Å². The molecule has 1 aromatic rings. The molecule has 1 aromatic carbocycles. The molecule has 0 aromatic heterocycles. The van der Waals surface area contributed by atoms with E-state index < -0.39 is 0 Å². The molecule has 0 amide bonds. The minimum absolute atomic E-state index is 0.468. The third kappa shape index (κ3) is 1.71. The van der Waals surface area contributed by atoms with Crippen LogP contribution in [0.4, 0.5) is 0 Å². The van der Waals surface area contributed by atoms with Gasteiger partial charge in [0.1, 0.15) is 5.84 Å². The molecule has 2 N–H and O–H groups in total. The molecule has 0 aliphatic carbocycles. The molecular weight excluding hydrogens is 160 g/mol. The van der Waals surface area contributed by atoms with Crippen molar-refractivity contribution in [1.82, 2.24) is 0 Å². The maximum Gasteiger partial charge on any atom is 0.126 e. The fourth-order valence-corrected chi connectivity index (χ4v) is 1.02. The van der Waals surface area contributed by atoms with Crippen LogP contribution in [0.5, 0.6) is 0 Å². The SMILES string of the molecule is CN=C(N)c1ccccc1Cl. The lowest BCUT2D eigenvalue weighted by Gasteiger charge is -2.00. The lowest BCUT2D eigenvalue weighted by Crippen LogP contribution is -2.13. The van der Waals surface area contributed by atoms with Gasteiger partial charge in [-0.3, -0.25) is 4.99 Å². The number of hydrogen-bond acceptors (Lipinski definition) is 1. The summed E-state index contributed by atoms with van der Waals surface area (Å²) in [6.45, 7) is 0. The Kier molecular flexibility index (Phi) is 2.49. The number of amidine groups is 1. The Labute approximate surface area is 70.7 Å². The van der Waals surface area contributed by atoms with Crippen molar-refractivity contribution in [3.63, 3.8) is 0 Å². The first-order chi connectivity index (χ1) is 5.25. The van der Waals surface area contributed by atoms with E-state index in [0.29, 0.717) is 10.9 Å². The summed E-state index contributed by atoms with van der Waals surface area (Å²) in [5.41, 5.74) is 6.35. The minimum Gasteiger partial charge on any atom is -0.383 e. The third-order valence-electron chi connectivity index (χ3n) is 1.39. The van der Waals surface area contributed by atoms with E-state index in [1.165, 1.54) is 0 Å². The number of nitrogens with two attached hydrogens (primary N) is 1. The van der Waals surface area contributed by atoms with E-state index in [1.807, 2.05) is 18.2 Å². The van der Waals surface area contributed by atoms with Gasteiger partial charge < -0.3 is 5.73 Å². The number of benzene rings is 1. The summed E-state index contributed by atoms with van der Waals surface area (Å²) in [4.78, 5) is 3.83. The summed E-state index contributed by atoms with van der Waals surface area (Å²) in [5, 5.41) is 0.635. The van der Waals surface area contributed by atoms with Crippen molar-refractivity contribution in [2.24, 2.45) is 10.7 Å². The average Bonchev–Trinajstić information content (AvgIpc) is 2.04. The van der Waals surface area contributed by atoms with Gasteiger partial charge in [0.05, 0.1) is 5.02 Å². The fourth-order valence-electron chi connectivity index (χ4n) is 0.789. The normalized spacial score (nSPS) is 11.6. The highest BCUT2D eigenvalue weighted by Crippen LogP contribution is 2.13.